The molecule has 0 unspecified atom stereocenters. The molecule has 0 aromatic carbocycles. The van der Waals surface area contributed by atoms with Gasteiger partial charge in [0, 0.05) is 38.4 Å². The van der Waals surface area contributed by atoms with Crippen LogP contribution in [0.5, 0.6) is 0 Å². The molecule has 2 aromatic rings. The quantitative estimate of drug-likeness (QED) is 0.912. The van der Waals surface area contributed by atoms with Crippen LogP contribution < -0.4 is 4.90 Å². The number of hydrogen-bond donors (Lipinski definition) is 1. The van der Waals surface area contributed by atoms with Gasteiger partial charge in [-0.15, -0.1) is 0 Å². The van der Waals surface area contributed by atoms with E-state index in [9.17, 15) is 4.79 Å². The maximum absolute atomic E-state index is 10.9. The van der Waals surface area contributed by atoms with Crippen LogP contribution in [0.4, 0.5) is 5.82 Å². The summed E-state index contributed by atoms with van der Waals surface area (Å²) in [5, 5.41) is 8.93. The minimum Gasteiger partial charge on any atom is -0.476 e. The van der Waals surface area contributed by atoms with Gasteiger partial charge in [-0.05, 0) is 12.8 Å². The summed E-state index contributed by atoms with van der Waals surface area (Å²) in [6, 6.07) is 0. The highest BCUT2D eigenvalue weighted by Crippen LogP contribution is 2.15. The van der Waals surface area contributed by atoms with Crippen LogP contribution >= 0.6 is 0 Å². The zero-order valence-electron chi connectivity index (χ0n) is 13.1. The maximum Gasteiger partial charge on any atom is 0.356 e. The van der Waals surface area contributed by atoms with Crippen LogP contribution in [0.3, 0.4) is 0 Å². The third kappa shape index (κ3) is 3.85. The van der Waals surface area contributed by atoms with Gasteiger partial charge in [-0.25, -0.2) is 19.7 Å². The first-order valence-electron chi connectivity index (χ1n) is 8.04. The minimum atomic E-state index is -1.05. The Morgan fingerprint density at radius 3 is 2.57 bits per heavy atom. The summed E-state index contributed by atoms with van der Waals surface area (Å²) in [6.45, 7) is 2.74. The normalized spacial score (nSPS) is 16.4. The van der Waals surface area contributed by atoms with E-state index in [0.717, 1.165) is 44.1 Å². The van der Waals surface area contributed by atoms with E-state index in [0.29, 0.717) is 0 Å². The number of carboxylic acids is 1. The van der Waals surface area contributed by atoms with Crippen molar-refractivity contribution in [1.82, 2.24) is 19.5 Å². The van der Waals surface area contributed by atoms with E-state index in [2.05, 4.69) is 24.4 Å². The lowest BCUT2D eigenvalue weighted by molar-refractivity contribution is 0.0690. The first-order chi connectivity index (χ1) is 11.2. The Kier molecular flexibility index (Phi) is 4.85. The lowest BCUT2D eigenvalue weighted by Gasteiger charge is -2.23. The SMILES string of the molecule is O=C(O)c1cnc(N2CCCCCCn3ccnc3CC2)cn1. The number of carbonyl (C=O) groups is 1. The number of carboxylic acid groups (broad SMARTS) is 1. The minimum absolute atomic E-state index is 0.0258. The third-order valence-corrected chi connectivity index (χ3v) is 4.17. The highest BCUT2D eigenvalue weighted by atomic mass is 16.4. The molecule has 7 nitrogen and oxygen atoms in total. The van der Waals surface area contributed by atoms with E-state index < -0.39 is 5.97 Å². The summed E-state index contributed by atoms with van der Waals surface area (Å²) in [5.41, 5.74) is -0.0258. The van der Waals surface area contributed by atoms with Crippen molar-refractivity contribution in [3.63, 3.8) is 0 Å². The summed E-state index contributed by atoms with van der Waals surface area (Å²) in [6.07, 6.45) is 12.3. The number of rotatable bonds is 2. The van der Waals surface area contributed by atoms with Crippen molar-refractivity contribution >= 4 is 11.8 Å². The van der Waals surface area contributed by atoms with Gasteiger partial charge in [0.2, 0.25) is 0 Å². The van der Waals surface area contributed by atoms with Gasteiger partial charge in [0.05, 0.1) is 12.4 Å². The molecule has 0 bridgehead atoms. The predicted octanol–water partition coefficient (Wildman–Crippen LogP) is 1.99. The Morgan fingerprint density at radius 1 is 1.00 bits per heavy atom. The first kappa shape index (κ1) is 15.5. The molecule has 7 heteroatoms. The van der Waals surface area contributed by atoms with Gasteiger partial charge >= 0.3 is 5.97 Å². The van der Waals surface area contributed by atoms with Crippen molar-refractivity contribution < 1.29 is 9.90 Å². The number of imidazole rings is 1. The zero-order chi connectivity index (χ0) is 16.1. The highest BCUT2D eigenvalue weighted by molar-refractivity contribution is 5.84. The van der Waals surface area contributed by atoms with E-state index in [-0.39, 0.29) is 5.69 Å². The molecular formula is C16H21N5O2. The van der Waals surface area contributed by atoms with Crippen molar-refractivity contribution in [3.8, 4) is 0 Å². The fourth-order valence-electron chi connectivity index (χ4n) is 2.88. The molecule has 23 heavy (non-hydrogen) atoms. The lowest BCUT2D eigenvalue weighted by atomic mass is 10.2. The molecule has 0 saturated carbocycles. The van der Waals surface area contributed by atoms with Crippen molar-refractivity contribution in [3.05, 3.63) is 36.3 Å². The molecule has 0 saturated heterocycles. The summed E-state index contributed by atoms with van der Waals surface area (Å²) in [5.74, 6) is 0.767. The van der Waals surface area contributed by atoms with Crippen LogP contribution in [-0.4, -0.2) is 43.7 Å². The lowest BCUT2D eigenvalue weighted by Crippen LogP contribution is -2.28. The number of nitrogens with zero attached hydrogens (tertiary/aromatic N) is 5. The molecule has 0 radical (unpaired) electrons. The van der Waals surface area contributed by atoms with E-state index in [1.165, 1.54) is 25.5 Å². The number of aromatic nitrogens is 4. The molecule has 0 spiro atoms. The first-order valence-corrected chi connectivity index (χ1v) is 8.04. The second-order valence-electron chi connectivity index (χ2n) is 5.75. The fourth-order valence-corrected chi connectivity index (χ4v) is 2.88. The topological polar surface area (TPSA) is 84.1 Å². The average molecular weight is 315 g/mol. The largest absolute Gasteiger partial charge is 0.476 e. The Hall–Kier alpha value is -2.44. The van der Waals surface area contributed by atoms with Crippen LogP contribution in [0.2, 0.25) is 0 Å². The van der Waals surface area contributed by atoms with Crippen LogP contribution in [-0.2, 0) is 13.0 Å². The molecule has 2 aromatic heterocycles. The number of aromatic carboxylic acids is 1. The molecule has 3 heterocycles. The smallest absolute Gasteiger partial charge is 0.356 e. The third-order valence-electron chi connectivity index (χ3n) is 4.17. The second-order valence-corrected chi connectivity index (χ2v) is 5.75. The molecule has 0 fully saturated rings. The predicted molar refractivity (Wildman–Crippen MR) is 85.6 cm³/mol. The van der Waals surface area contributed by atoms with Crippen molar-refractivity contribution in [2.75, 3.05) is 18.0 Å². The van der Waals surface area contributed by atoms with Gasteiger partial charge in [0.15, 0.2) is 5.69 Å². The monoisotopic (exact) mass is 315 g/mol. The van der Waals surface area contributed by atoms with Crippen molar-refractivity contribution in [2.24, 2.45) is 0 Å². The van der Waals surface area contributed by atoms with Crippen LogP contribution in [0.25, 0.3) is 0 Å². The van der Waals surface area contributed by atoms with Gasteiger partial charge < -0.3 is 14.6 Å². The maximum atomic E-state index is 10.9. The molecule has 3 rings (SSSR count). The van der Waals surface area contributed by atoms with Crippen LogP contribution in [0.15, 0.2) is 24.8 Å². The molecular weight excluding hydrogens is 294 g/mol. The van der Waals surface area contributed by atoms with E-state index in [4.69, 9.17) is 5.11 Å². The Bertz CT molecular complexity index is 653. The highest BCUT2D eigenvalue weighted by Gasteiger charge is 2.13. The second kappa shape index (κ2) is 7.21. The van der Waals surface area contributed by atoms with Gasteiger partial charge in [-0.3, -0.25) is 0 Å². The number of anilines is 1. The van der Waals surface area contributed by atoms with Gasteiger partial charge in [0.25, 0.3) is 0 Å². The van der Waals surface area contributed by atoms with E-state index in [1.54, 1.807) is 6.20 Å². The molecule has 0 aliphatic carbocycles. The summed E-state index contributed by atoms with van der Waals surface area (Å²) in [4.78, 5) is 25.8. The Balaban J connectivity index is 1.76. The standard InChI is InChI=1S/C16H21N5O2/c22-16(23)13-11-19-15(12-18-13)20-7-3-1-2-4-8-21-10-6-17-14(21)5-9-20/h6,10-12H,1-5,7-9H2,(H,22,23). The summed E-state index contributed by atoms with van der Waals surface area (Å²) >= 11 is 0. The molecule has 0 atom stereocenters. The van der Waals surface area contributed by atoms with E-state index in [1.807, 2.05) is 12.4 Å². The van der Waals surface area contributed by atoms with Crippen molar-refractivity contribution in [1.29, 1.82) is 0 Å². The average Bonchev–Trinajstić information content (AvgIpc) is 2.99. The molecule has 122 valence electrons. The van der Waals surface area contributed by atoms with Crippen LogP contribution in [0.1, 0.15) is 42.0 Å². The number of hydrogen-bond acceptors (Lipinski definition) is 5. The Labute approximate surface area is 135 Å². The molecule has 0 amide bonds. The Morgan fingerprint density at radius 2 is 1.83 bits per heavy atom. The van der Waals surface area contributed by atoms with Gasteiger partial charge in [-0.2, -0.15) is 0 Å². The molecule has 1 aliphatic heterocycles. The van der Waals surface area contributed by atoms with Crippen LogP contribution in [0, 0.1) is 0 Å². The number of fused-ring (bicyclic) bond motifs is 1. The molecule has 1 aliphatic rings. The fraction of sp³-hybridized carbons (Fsp3) is 0.500. The van der Waals surface area contributed by atoms with Gasteiger partial charge in [0.1, 0.15) is 11.6 Å². The van der Waals surface area contributed by atoms with Gasteiger partial charge in [-0.1, -0.05) is 12.8 Å². The zero-order valence-corrected chi connectivity index (χ0v) is 13.1. The summed E-state index contributed by atoms with van der Waals surface area (Å²) in [7, 11) is 0. The van der Waals surface area contributed by atoms with E-state index >= 15 is 0 Å². The van der Waals surface area contributed by atoms with Crippen molar-refractivity contribution in [2.45, 2.75) is 38.6 Å². The molecule has 1 N–H and O–H groups in total. The summed E-state index contributed by atoms with van der Waals surface area (Å²) < 4.78 is 2.22. The number of aryl methyl sites for hydroxylation is 1.